The van der Waals surface area contributed by atoms with Crippen molar-refractivity contribution in [2.75, 3.05) is 7.11 Å². The summed E-state index contributed by atoms with van der Waals surface area (Å²) >= 11 is 0. The van der Waals surface area contributed by atoms with E-state index >= 15 is 0 Å². The van der Waals surface area contributed by atoms with Gasteiger partial charge in [0.2, 0.25) is 0 Å². The molecule has 23 heavy (non-hydrogen) atoms. The summed E-state index contributed by atoms with van der Waals surface area (Å²) in [5.41, 5.74) is -0.940. The maximum absolute atomic E-state index is 13.8. The van der Waals surface area contributed by atoms with Crippen LogP contribution in [0.15, 0.2) is 36.4 Å². The van der Waals surface area contributed by atoms with Gasteiger partial charge in [0.05, 0.1) is 23.0 Å². The van der Waals surface area contributed by atoms with E-state index in [-0.39, 0.29) is 22.7 Å². The van der Waals surface area contributed by atoms with E-state index in [2.05, 4.69) is 0 Å². The fourth-order valence-electron chi connectivity index (χ4n) is 1.90. The largest absolute Gasteiger partial charge is 0.493 e. The number of non-ortho nitro benzene ring substituents is 1. The molecule has 0 N–H and O–H groups in total. The number of nitro groups is 2. The molecule has 0 aromatic heterocycles. The third-order valence-corrected chi connectivity index (χ3v) is 3.02. The number of ether oxygens (including phenoxy) is 2. The molecule has 0 amide bonds. The van der Waals surface area contributed by atoms with Gasteiger partial charge in [0, 0.05) is 12.1 Å². The van der Waals surface area contributed by atoms with Crippen molar-refractivity contribution in [2.24, 2.45) is 0 Å². The van der Waals surface area contributed by atoms with E-state index in [1.165, 1.54) is 25.3 Å². The molecule has 9 heteroatoms. The maximum Gasteiger partial charge on any atom is 0.278 e. The fourth-order valence-corrected chi connectivity index (χ4v) is 1.90. The number of nitro benzene ring substituents is 2. The normalized spacial score (nSPS) is 10.2. The highest BCUT2D eigenvalue weighted by Gasteiger charge is 2.20. The second-order valence-electron chi connectivity index (χ2n) is 4.38. The van der Waals surface area contributed by atoms with Gasteiger partial charge >= 0.3 is 0 Å². The van der Waals surface area contributed by atoms with Gasteiger partial charge in [-0.05, 0) is 12.1 Å². The maximum atomic E-state index is 13.8. The van der Waals surface area contributed by atoms with Crippen molar-refractivity contribution >= 4 is 11.4 Å². The zero-order valence-electron chi connectivity index (χ0n) is 11.9. The number of rotatable bonds is 6. The van der Waals surface area contributed by atoms with Crippen LogP contribution in [0.4, 0.5) is 15.8 Å². The van der Waals surface area contributed by atoms with Crippen molar-refractivity contribution in [3.8, 4) is 11.5 Å². The Bertz CT molecular complexity index is 765. The Morgan fingerprint density at radius 2 is 1.83 bits per heavy atom. The Morgan fingerprint density at radius 3 is 2.43 bits per heavy atom. The zero-order chi connectivity index (χ0) is 17.0. The molecular formula is C14H11FN2O6. The van der Waals surface area contributed by atoms with Gasteiger partial charge in [0.25, 0.3) is 11.4 Å². The van der Waals surface area contributed by atoms with E-state index in [9.17, 15) is 24.6 Å². The molecule has 2 aromatic rings. The summed E-state index contributed by atoms with van der Waals surface area (Å²) in [6.07, 6.45) is 0. The molecule has 0 unspecified atom stereocenters. The van der Waals surface area contributed by atoms with Crippen molar-refractivity contribution in [1.82, 2.24) is 0 Å². The number of hydrogen-bond acceptors (Lipinski definition) is 6. The summed E-state index contributed by atoms with van der Waals surface area (Å²) in [6.45, 7) is -0.472. The smallest absolute Gasteiger partial charge is 0.278 e. The molecule has 0 spiro atoms. The highest BCUT2D eigenvalue weighted by atomic mass is 19.1. The van der Waals surface area contributed by atoms with Crippen LogP contribution in [0.1, 0.15) is 5.56 Å². The summed E-state index contributed by atoms with van der Waals surface area (Å²) in [7, 11) is 1.33. The summed E-state index contributed by atoms with van der Waals surface area (Å²) in [5, 5.41) is 21.7. The van der Waals surface area contributed by atoms with Gasteiger partial charge in [-0.25, -0.2) is 4.39 Å². The first-order valence-corrected chi connectivity index (χ1v) is 6.31. The predicted molar refractivity (Wildman–Crippen MR) is 77.0 cm³/mol. The Balaban J connectivity index is 2.33. The van der Waals surface area contributed by atoms with E-state index < -0.39 is 28.0 Å². The van der Waals surface area contributed by atoms with Crippen LogP contribution in [-0.2, 0) is 6.61 Å². The molecule has 0 fully saturated rings. The van der Waals surface area contributed by atoms with E-state index in [1.54, 1.807) is 0 Å². The topological polar surface area (TPSA) is 105 Å². The summed E-state index contributed by atoms with van der Waals surface area (Å²) in [4.78, 5) is 20.3. The number of nitrogens with zero attached hydrogens (tertiary/aromatic N) is 2. The number of halogens is 1. The Labute approximate surface area is 129 Å². The first-order valence-electron chi connectivity index (χ1n) is 6.31. The Morgan fingerprint density at radius 1 is 1.09 bits per heavy atom. The zero-order valence-corrected chi connectivity index (χ0v) is 11.9. The highest BCUT2D eigenvalue weighted by molar-refractivity contribution is 5.49. The van der Waals surface area contributed by atoms with Crippen LogP contribution in [0.5, 0.6) is 11.5 Å². The minimum absolute atomic E-state index is 0.0146. The molecule has 2 aromatic carbocycles. The van der Waals surface area contributed by atoms with E-state index in [4.69, 9.17) is 9.47 Å². The monoisotopic (exact) mass is 322 g/mol. The van der Waals surface area contributed by atoms with E-state index in [0.29, 0.717) is 0 Å². The summed E-state index contributed by atoms with van der Waals surface area (Å²) < 4.78 is 24.1. The molecule has 0 aliphatic heterocycles. The molecular weight excluding hydrogens is 311 g/mol. The van der Waals surface area contributed by atoms with Gasteiger partial charge in [-0.1, -0.05) is 6.07 Å². The molecule has 0 saturated carbocycles. The van der Waals surface area contributed by atoms with E-state index in [1.807, 2.05) is 0 Å². The lowest BCUT2D eigenvalue weighted by molar-refractivity contribution is -0.386. The predicted octanol–water partition coefficient (Wildman–Crippen LogP) is 3.23. The van der Waals surface area contributed by atoms with Crippen LogP contribution in [-0.4, -0.2) is 17.0 Å². The van der Waals surface area contributed by atoms with Crippen LogP contribution in [0.2, 0.25) is 0 Å². The Kier molecular flexibility index (Phi) is 4.69. The summed E-state index contributed by atoms with van der Waals surface area (Å²) in [6, 6.07) is 7.07. The lowest BCUT2D eigenvalue weighted by Crippen LogP contribution is -2.04. The molecule has 0 bridgehead atoms. The molecule has 0 atom stereocenters. The standard InChI is InChI=1S/C14H11FN2O6/c1-22-13-6-5-9(16(18)19)7-14(13)23-8-10-11(15)3-2-4-12(10)17(20)21/h2-7H,8H2,1H3. The van der Waals surface area contributed by atoms with Crippen molar-refractivity contribution in [3.05, 3.63) is 68.0 Å². The first kappa shape index (κ1) is 16.1. The van der Waals surface area contributed by atoms with E-state index in [0.717, 1.165) is 18.2 Å². The third-order valence-electron chi connectivity index (χ3n) is 3.02. The van der Waals surface area contributed by atoms with Gasteiger partial charge < -0.3 is 9.47 Å². The number of methoxy groups -OCH3 is 1. The molecule has 0 aliphatic carbocycles. The van der Waals surface area contributed by atoms with Crippen LogP contribution >= 0.6 is 0 Å². The van der Waals surface area contributed by atoms with Gasteiger partial charge in [-0.15, -0.1) is 0 Å². The van der Waals surface area contributed by atoms with Gasteiger partial charge in [0.15, 0.2) is 11.5 Å². The highest BCUT2D eigenvalue weighted by Crippen LogP contribution is 2.32. The summed E-state index contributed by atoms with van der Waals surface area (Å²) in [5.74, 6) is -0.627. The van der Waals surface area contributed by atoms with Crippen molar-refractivity contribution in [1.29, 1.82) is 0 Å². The minimum atomic E-state index is -0.802. The van der Waals surface area contributed by atoms with Crippen LogP contribution in [0.25, 0.3) is 0 Å². The second-order valence-corrected chi connectivity index (χ2v) is 4.38. The quantitative estimate of drug-likeness (QED) is 0.597. The molecule has 120 valence electrons. The van der Waals surface area contributed by atoms with Crippen molar-refractivity contribution < 1.29 is 23.7 Å². The van der Waals surface area contributed by atoms with Gasteiger partial charge in [-0.3, -0.25) is 20.2 Å². The van der Waals surface area contributed by atoms with Gasteiger partial charge in [-0.2, -0.15) is 0 Å². The third kappa shape index (κ3) is 3.51. The average Bonchev–Trinajstić information content (AvgIpc) is 2.52. The number of hydrogen-bond donors (Lipinski definition) is 0. The van der Waals surface area contributed by atoms with Crippen molar-refractivity contribution in [3.63, 3.8) is 0 Å². The first-order chi connectivity index (χ1) is 10.9. The van der Waals surface area contributed by atoms with Crippen molar-refractivity contribution in [2.45, 2.75) is 6.61 Å². The van der Waals surface area contributed by atoms with Crippen LogP contribution < -0.4 is 9.47 Å². The van der Waals surface area contributed by atoms with Crippen LogP contribution in [0, 0.1) is 26.0 Å². The Hall–Kier alpha value is -3.23. The molecule has 0 radical (unpaired) electrons. The molecule has 0 heterocycles. The molecule has 2 rings (SSSR count). The molecule has 0 aliphatic rings. The lowest BCUT2D eigenvalue weighted by Gasteiger charge is -2.11. The minimum Gasteiger partial charge on any atom is -0.493 e. The van der Waals surface area contributed by atoms with Gasteiger partial charge in [0.1, 0.15) is 18.0 Å². The SMILES string of the molecule is COc1ccc([N+](=O)[O-])cc1OCc1c(F)cccc1[N+](=O)[O-]. The number of benzene rings is 2. The molecule has 8 nitrogen and oxygen atoms in total. The average molecular weight is 322 g/mol. The fraction of sp³-hybridized carbons (Fsp3) is 0.143. The second kappa shape index (κ2) is 6.69. The molecule has 0 saturated heterocycles. The lowest BCUT2D eigenvalue weighted by atomic mass is 10.2. The van der Waals surface area contributed by atoms with Crippen LogP contribution in [0.3, 0.4) is 0 Å².